The van der Waals surface area contributed by atoms with Gasteiger partial charge in [-0.2, -0.15) is 0 Å². The SMILES string of the molecule is CCc1c(/C(=C/N)C(C)=NC)cnc2[nH]c(SI)c(-c3ccc(C)c(N)c3)c12. The molecule has 2 aromatic heterocycles. The van der Waals surface area contributed by atoms with E-state index in [1.807, 2.05) is 26.1 Å². The summed E-state index contributed by atoms with van der Waals surface area (Å²) >= 11 is 2.30. The van der Waals surface area contributed by atoms with E-state index in [2.05, 4.69) is 50.2 Å². The molecule has 7 heteroatoms. The van der Waals surface area contributed by atoms with Gasteiger partial charge >= 0.3 is 0 Å². The summed E-state index contributed by atoms with van der Waals surface area (Å²) in [6.07, 6.45) is 4.36. The zero-order valence-electron chi connectivity index (χ0n) is 16.4. The lowest BCUT2D eigenvalue weighted by molar-refractivity contribution is 1.13. The lowest BCUT2D eigenvalue weighted by Crippen LogP contribution is -2.05. The molecule has 28 heavy (non-hydrogen) atoms. The third-order valence-corrected chi connectivity index (χ3v) is 6.86. The van der Waals surface area contributed by atoms with Crippen molar-refractivity contribution in [2.24, 2.45) is 10.7 Å². The average Bonchev–Trinajstić information content (AvgIpc) is 3.09. The van der Waals surface area contributed by atoms with Gasteiger partial charge in [0.1, 0.15) is 5.65 Å². The number of hydrogen-bond donors (Lipinski definition) is 3. The third kappa shape index (κ3) is 3.53. The number of fused-ring (bicyclic) bond motifs is 1. The minimum absolute atomic E-state index is 0.787. The topological polar surface area (TPSA) is 93.1 Å². The summed E-state index contributed by atoms with van der Waals surface area (Å²) in [6, 6.07) is 6.22. The molecule has 0 radical (unpaired) electrons. The van der Waals surface area contributed by atoms with Gasteiger partial charge in [0, 0.05) is 74.1 Å². The molecule has 3 aromatic rings. The van der Waals surface area contributed by atoms with Crippen LogP contribution >= 0.6 is 30.1 Å². The van der Waals surface area contributed by atoms with Crippen LogP contribution in [-0.2, 0) is 6.42 Å². The molecule has 5 nitrogen and oxygen atoms in total. The van der Waals surface area contributed by atoms with E-state index in [0.29, 0.717) is 0 Å². The van der Waals surface area contributed by atoms with Gasteiger partial charge in [0.25, 0.3) is 0 Å². The summed E-state index contributed by atoms with van der Waals surface area (Å²) in [5, 5.41) is 2.18. The van der Waals surface area contributed by atoms with Crippen molar-refractivity contribution in [2.75, 3.05) is 12.8 Å². The number of halogens is 1. The Morgan fingerprint density at radius 3 is 2.71 bits per heavy atom. The normalized spacial score (nSPS) is 12.8. The van der Waals surface area contributed by atoms with E-state index < -0.39 is 0 Å². The first-order valence-electron chi connectivity index (χ1n) is 9.01. The van der Waals surface area contributed by atoms with Gasteiger partial charge in [-0.1, -0.05) is 19.1 Å². The lowest BCUT2D eigenvalue weighted by atomic mass is 9.92. The van der Waals surface area contributed by atoms with Crippen LogP contribution in [0.5, 0.6) is 0 Å². The molecule has 0 fully saturated rings. The number of aryl methyl sites for hydroxylation is 2. The van der Waals surface area contributed by atoms with E-state index in [-0.39, 0.29) is 0 Å². The van der Waals surface area contributed by atoms with Crippen LogP contribution in [0.4, 0.5) is 5.69 Å². The standard InChI is InChI=1S/C21H24IN5S/c1-5-14-16(15(9-23)12(3)25-4)10-26-20-19(14)18(21(27-20)28-22)13-7-6-11(2)17(24)8-13/h6-10H,5,23-24H2,1-4H3,(H,26,27)/b15-9+,25-12?. The van der Waals surface area contributed by atoms with E-state index in [1.54, 1.807) is 22.2 Å². The van der Waals surface area contributed by atoms with Gasteiger partial charge in [0.05, 0.1) is 5.03 Å². The molecule has 0 aliphatic carbocycles. The second-order valence-corrected chi connectivity index (χ2v) is 8.48. The van der Waals surface area contributed by atoms with Crippen molar-refractivity contribution in [2.45, 2.75) is 32.2 Å². The Balaban J connectivity index is 2.41. The fourth-order valence-electron chi connectivity index (χ4n) is 3.45. The number of aliphatic imine (C=N–C) groups is 1. The van der Waals surface area contributed by atoms with Gasteiger partial charge < -0.3 is 16.5 Å². The van der Waals surface area contributed by atoms with E-state index >= 15 is 0 Å². The van der Waals surface area contributed by atoms with Gasteiger partial charge in [-0.3, -0.25) is 4.99 Å². The number of pyridine rings is 1. The number of hydrogen-bond acceptors (Lipinski definition) is 5. The molecule has 0 spiro atoms. The van der Waals surface area contributed by atoms with Gasteiger partial charge in [-0.25, -0.2) is 4.98 Å². The van der Waals surface area contributed by atoms with Crippen LogP contribution in [0.25, 0.3) is 27.7 Å². The number of aromatic nitrogens is 2. The average molecular weight is 505 g/mol. The van der Waals surface area contributed by atoms with Crippen molar-refractivity contribution in [3.05, 3.63) is 47.3 Å². The number of allylic oxidation sites excluding steroid dienone is 1. The number of nitrogens with one attached hydrogen (secondary N) is 1. The maximum Gasteiger partial charge on any atom is 0.139 e. The Bertz CT molecular complexity index is 1100. The number of aromatic amines is 1. The molecular weight excluding hydrogens is 481 g/mol. The van der Waals surface area contributed by atoms with Crippen molar-refractivity contribution in [3.63, 3.8) is 0 Å². The zero-order chi connectivity index (χ0) is 20.4. The summed E-state index contributed by atoms with van der Waals surface area (Å²) in [5.74, 6) is 0. The fraction of sp³-hybridized carbons (Fsp3) is 0.238. The quantitative estimate of drug-likeness (QED) is 0.242. The van der Waals surface area contributed by atoms with E-state index in [4.69, 9.17) is 16.5 Å². The number of anilines is 1. The van der Waals surface area contributed by atoms with Crippen LogP contribution in [0.15, 0.2) is 40.6 Å². The molecule has 1 aromatic carbocycles. The minimum Gasteiger partial charge on any atom is -0.404 e. The van der Waals surface area contributed by atoms with E-state index in [0.717, 1.165) is 61.7 Å². The van der Waals surface area contributed by atoms with Crippen LogP contribution in [0.2, 0.25) is 0 Å². The van der Waals surface area contributed by atoms with Crippen molar-refractivity contribution >= 4 is 58.1 Å². The van der Waals surface area contributed by atoms with Crippen LogP contribution in [0, 0.1) is 6.92 Å². The molecule has 0 unspecified atom stereocenters. The molecule has 0 aliphatic rings. The second kappa shape index (κ2) is 8.57. The van der Waals surface area contributed by atoms with E-state index in [1.165, 1.54) is 5.56 Å². The molecule has 0 bridgehead atoms. The van der Waals surface area contributed by atoms with E-state index in [9.17, 15) is 0 Å². The number of benzene rings is 1. The summed E-state index contributed by atoms with van der Waals surface area (Å²) in [5.41, 5.74) is 21.1. The third-order valence-electron chi connectivity index (χ3n) is 5.08. The molecule has 5 N–H and O–H groups in total. The zero-order valence-corrected chi connectivity index (χ0v) is 19.4. The Labute approximate surface area is 181 Å². The number of nitrogens with zero attached hydrogens (tertiary/aromatic N) is 2. The summed E-state index contributed by atoms with van der Waals surface area (Å²) in [6.45, 7) is 6.14. The lowest BCUT2D eigenvalue weighted by Gasteiger charge is -2.14. The van der Waals surface area contributed by atoms with Gasteiger partial charge in [0.2, 0.25) is 0 Å². The van der Waals surface area contributed by atoms with Gasteiger partial charge in [-0.05, 0) is 52.0 Å². The van der Waals surface area contributed by atoms with Crippen molar-refractivity contribution in [3.8, 4) is 11.1 Å². The number of H-pyrrole nitrogens is 1. The highest BCUT2D eigenvalue weighted by Gasteiger charge is 2.21. The Morgan fingerprint density at radius 1 is 1.39 bits per heavy atom. The van der Waals surface area contributed by atoms with Crippen LogP contribution in [0.3, 0.4) is 0 Å². The largest absolute Gasteiger partial charge is 0.404 e. The molecule has 3 rings (SSSR count). The molecule has 0 aliphatic heterocycles. The molecule has 146 valence electrons. The number of rotatable bonds is 5. The molecule has 0 saturated heterocycles. The number of nitrogens with two attached hydrogens (primary N) is 2. The Kier molecular flexibility index (Phi) is 6.34. The summed E-state index contributed by atoms with van der Waals surface area (Å²) in [7, 11) is 3.42. The first-order valence-corrected chi connectivity index (χ1v) is 12.4. The van der Waals surface area contributed by atoms with Crippen molar-refractivity contribution < 1.29 is 0 Å². The highest BCUT2D eigenvalue weighted by Crippen LogP contribution is 2.43. The van der Waals surface area contributed by atoms with Gasteiger partial charge in [-0.15, -0.1) is 0 Å². The summed E-state index contributed by atoms with van der Waals surface area (Å²) in [4.78, 5) is 12.5. The molecular formula is C21H24IN5S. The molecule has 0 amide bonds. The van der Waals surface area contributed by atoms with Crippen LogP contribution in [-0.4, -0.2) is 22.7 Å². The fourth-order valence-corrected chi connectivity index (χ4v) is 4.87. The minimum atomic E-state index is 0.787. The maximum absolute atomic E-state index is 6.21. The van der Waals surface area contributed by atoms with Crippen molar-refractivity contribution in [1.82, 2.24) is 9.97 Å². The number of nitrogen functional groups attached to an aromatic ring is 1. The Morgan fingerprint density at radius 2 is 2.14 bits per heavy atom. The molecule has 2 heterocycles. The second-order valence-electron chi connectivity index (χ2n) is 6.59. The van der Waals surface area contributed by atoms with Crippen LogP contribution in [0.1, 0.15) is 30.5 Å². The Hall–Kier alpha value is -2.00. The summed E-state index contributed by atoms with van der Waals surface area (Å²) < 4.78 is 0. The smallest absolute Gasteiger partial charge is 0.139 e. The van der Waals surface area contributed by atoms with Crippen molar-refractivity contribution in [1.29, 1.82) is 0 Å². The predicted molar refractivity (Wildman–Crippen MR) is 131 cm³/mol. The maximum atomic E-state index is 6.21. The molecule has 0 atom stereocenters. The molecule has 0 saturated carbocycles. The first kappa shape index (κ1) is 20.7. The van der Waals surface area contributed by atoms with Gasteiger partial charge in [0.15, 0.2) is 0 Å². The first-order chi connectivity index (χ1) is 13.5. The van der Waals surface area contributed by atoms with Crippen LogP contribution < -0.4 is 11.5 Å². The monoisotopic (exact) mass is 505 g/mol. The highest BCUT2D eigenvalue weighted by atomic mass is 127. The highest BCUT2D eigenvalue weighted by molar-refractivity contribution is 14.2. The predicted octanol–water partition coefficient (Wildman–Crippen LogP) is 5.52.